The molecule has 1 aromatic carbocycles. The molecule has 0 saturated heterocycles. The van der Waals surface area contributed by atoms with Gasteiger partial charge < -0.3 is 15.8 Å². The average Bonchev–Trinajstić information content (AvgIpc) is 2.46. The Labute approximate surface area is 113 Å². The summed E-state index contributed by atoms with van der Waals surface area (Å²) in [6.45, 7) is 0. The first kappa shape index (κ1) is 13.4. The third-order valence-corrected chi connectivity index (χ3v) is 3.19. The normalized spacial score (nSPS) is 12.1. The Balaban J connectivity index is 2.22. The van der Waals surface area contributed by atoms with Gasteiger partial charge in [0, 0.05) is 12.2 Å². The van der Waals surface area contributed by atoms with E-state index in [1.807, 2.05) is 37.4 Å². The second-order valence-electron chi connectivity index (χ2n) is 4.37. The Morgan fingerprint density at radius 3 is 2.84 bits per heavy atom. The number of nitrogens with zero attached hydrogens (tertiary/aromatic N) is 1. The number of rotatable bonds is 5. The highest BCUT2D eigenvalue weighted by molar-refractivity contribution is 5.40. The van der Waals surface area contributed by atoms with Crippen molar-refractivity contribution >= 4 is 5.82 Å². The number of aromatic nitrogens is 1. The Hall–Kier alpha value is -2.07. The summed E-state index contributed by atoms with van der Waals surface area (Å²) in [5, 5.41) is 3.31. The van der Waals surface area contributed by atoms with Gasteiger partial charge in [-0.2, -0.15) is 0 Å². The zero-order valence-electron chi connectivity index (χ0n) is 11.3. The summed E-state index contributed by atoms with van der Waals surface area (Å²) in [4.78, 5) is 4.12. The van der Waals surface area contributed by atoms with E-state index in [9.17, 15) is 0 Å². The van der Waals surface area contributed by atoms with E-state index in [1.165, 1.54) is 5.56 Å². The van der Waals surface area contributed by atoms with Gasteiger partial charge in [-0.25, -0.2) is 4.98 Å². The molecule has 0 aliphatic rings. The SMILES string of the molecule is CNC(Cc1cccnc1N)c1cccc(OC)c1. The molecular weight excluding hydrogens is 238 g/mol. The van der Waals surface area contributed by atoms with Crippen LogP contribution in [0.15, 0.2) is 42.6 Å². The van der Waals surface area contributed by atoms with Crippen LogP contribution >= 0.6 is 0 Å². The molecule has 100 valence electrons. The van der Waals surface area contributed by atoms with Crippen molar-refractivity contribution in [3.05, 3.63) is 53.7 Å². The number of likely N-dealkylation sites (N-methyl/N-ethyl adjacent to an activating group) is 1. The van der Waals surface area contributed by atoms with E-state index in [2.05, 4.69) is 16.4 Å². The maximum atomic E-state index is 5.89. The number of hydrogen-bond donors (Lipinski definition) is 2. The van der Waals surface area contributed by atoms with Gasteiger partial charge in [0.15, 0.2) is 0 Å². The van der Waals surface area contributed by atoms with Crippen LogP contribution in [0.5, 0.6) is 5.75 Å². The number of benzene rings is 1. The van der Waals surface area contributed by atoms with Gasteiger partial charge in [-0.3, -0.25) is 0 Å². The van der Waals surface area contributed by atoms with Crippen LogP contribution < -0.4 is 15.8 Å². The minimum atomic E-state index is 0.182. The van der Waals surface area contributed by atoms with Crippen LogP contribution in [0.3, 0.4) is 0 Å². The number of nitrogens with one attached hydrogen (secondary N) is 1. The minimum Gasteiger partial charge on any atom is -0.497 e. The summed E-state index contributed by atoms with van der Waals surface area (Å²) < 4.78 is 5.26. The highest BCUT2D eigenvalue weighted by Gasteiger charge is 2.12. The lowest BCUT2D eigenvalue weighted by Gasteiger charge is -2.18. The number of nitrogen functional groups attached to an aromatic ring is 1. The molecule has 0 aliphatic heterocycles. The van der Waals surface area contributed by atoms with Gasteiger partial charge in [-0.15, -0.1) is 0 Å². The van der Waals surface area contributed by atoms with Gasteiger partial charge in [-0.1, -0.05) is 18.2 Å². The molecule has 2 rings (SSSR count). The predicted molar refractivity (Wildman–Crippen MR) is 77.1 cm³/mol. The van der Waals surface area contributed by atoms with E-state index >= 15 is 0 Å². The highest BCUT2D eigenvalue weighted by atomic mass is 16.5. The fourth-order valence-corrected chi connectivity index (χ4v) is 2.09. The molecule has 4 heteroatoms. The molecule has 0 radical (unpaired) electrons. The summed E-state index contributed by atoms with van der Waals surface area (Å²) in [5.41, 5.74) is 8.11. The van der Waals surface area contributed by atoms with Crippen molar-refractivity contribution in [2.24, 2.45) is 0 Å². The second-order valence-corrected chi connectivity index (χ2v) is 4.37. The molecule has 0 amide bonds. The molecule has 0 saturated carbocycles. The third kappa shape index (κ3) is 3.23. The fourth-order valence-electron chi connectivity index (χ4n) is 2.09. The van der Waals surface area contributed by atoms with Crippen molar-refractivity contribution in [2.45, 2.75) is 12.5 Å². The second kappa shape index (κ2) is 6.20. The molecule has 2 aromatic rings. The lowest BCUT2D eigenvalue weighted by molar-refractivity contribution is 0.413. The monoisotopic (exact) mass is 257 g/mol. The maximum Gasteiger partial charge on any atom is 0.126 e. The molecule has 1 heterocycles. The largest absolute Gasteiger partial charge is 0.497 e. The van der Waals surface area contributed by atoms with Crippen LogP contribution in [-0.4, -0.2) is 19.1 Å². The number of hydrogen-bond acceptors (Lipinski definition) is 4. The Bertz CT molecular complexity index is 542. The van der Waals surface area contributed by atoms with Crippen molar-refractivity contribution < 1.29 is 4.74 Å². The van der Waals surface area contributed by atoms with E-state index in [0.29, 0.717) is 5.82 Å². The highest BCUT2D eigenvalue weighted by Crippen LogP contribution is 2.23. The van der Waals surface area contributed by atoms with E-state index in [0.717, 1.165) is 17.7 Å². The van der Waals surface area contributed by atoms with E-state index in [-0.39, 0.29) is 6.04 Å². The van der Waals surface area contributed by atoms with Gasteiger partial charge in [0.25, 0.3) is 0 Å². The summed E-state index contributed by atoms with van der Waals surface area (Å²) in [6.07, 6.45) is 2.50. The Morgan fingerprint density at radius 1 is 1.32 bits per heavy atom. The van der Waals surface area contributed by atoms with Crippen molar-refractivity contribution in [3.63, 3.8) is 0 Å². The molecule has 3 N–H and O–H groups in total. The summed E-state index contributed by atoms with van der Waals surface area (Å²) in [7, 11) is 3.61. The molecule has 1 aromatic heterocycles. The molecule has 0 bridgehead atoms. The Morgan fingerprint density at radius 2 is 2.16 bits per heavy atom. The zero-order chi connectivity index (χ0) is 13.7. The van der Waals surface area contributed by atoms with Crippen LogP contribution in [0.2, 0.25) is 0 Å². The summed E-state index contributed by atoms with van der Waals surface area (Å²) in [6, 6.07) is 12.1. The third-order valence-electron chi connectivity index (χ3n) is 3.19. The smallest absolute Gasteiger partial charge is 0.126 e. The molecule has 0 spiro atoms. The first-order valence-corrected chi connectivity index (χ1v) is 6.25. The Kier molecular flexibility index (Phi) is 4.36. The van der Waals surface area contributed by atoms with Gasteiger partial charge in [-0.05, 0) is 42.8 Å². The first-order chi connectivity index (χ1) is 9.24. The number of anilines is 1. The standard InChI is InChI=1S/C15H19N3O/c1-17-14(10-12-6-4-8-18-15(12)16)11-5-3-7-13(9-11)19-2/h3-9,14,17H,10H2,1-2H3,(H2,16,18). The average molecular weight is 257 g/mol. The van der Waals surface area contributed by atoms with Crippen LogP contribution in [0.1, 0.15) is 17.2 Å². The molecule has 0 aliphatic carbocycles. The van der Waals surface area contributed by atoms with Crippen LogP contribution in [-0.2, 0) is 6.42 Å². The van der Waals surface area contributed by atoms with Crippen molar-refractivity contribution in [3.8, 4) is 5.75 Å². The van der Waals surface area contributed by atoms with Crippen molar-refractivity contribution in [2.75, 3.05) is 19.9 Å². The van der Waals surface area contributed by atoms with Crippen molar-refractivity contribution in [1.29, 1.82) is 0 Å². The zero-order valence-corrected chi connectivity index (χ0v) is 11.3. The number of nitrogens with two attached hydrogens (primary N) is 1. The molecule has 19 heavy (non-hydrogen) atoms. The van der Waals surface area contributed by atoms with Gasteiger partial charge in [0.05, 0.1) is 7.11 Å². The first-order valence-electron chi connectivity index (χ1n) is 6.25. The van der Waals surface area contributed by atoms with E-state index in [1.54, 1.807) is 13.3 Å². The molecular formula is C15H19N3O. The van der Waals surface area contributed by atoms with Gasteiger partial charge >= 0.3 is 0 Å². The molecule has 1 unspecified atom stereocenters. The lowest BCUT2D eigenvalue weighted by Crippen LogP contribution is -2.19. The van der Waals surface area contributed by atoms with Crippen molar-refractivity contribution in [1.82, 2.24) is 10.3 Å². The number of methoxy groups -OCH3 is 1. The molecule has 1 atom stereocenters. The van der Waals surface area contributed by atoms with Crippen LogP contribution in [0.4, 0.5) is 5.82 Å². The van der Waals surface area contributed by atoms with Gasteiger partial charge in [0.2, 0.25) is 0 Å². The minimum absolute atomic E-state index is 0.182. The number of ether oxygens (including phenoxy) is 1. The summed E-state index contributed by atoms with van der Waals surface area (Å²) in [5.74, 6) is 1.45. The van der Waals surface area contributed by atoms with E-state index in [4.69, 9.17) is 10.5 Å². The lowest BCUT2D eigenvalue weighted by atomic mass is 9.99. The van der Waals surface area contributed by atoms with Gasteiger partial charge in [0.1, 0.15) is 11.6 Å². The quantitative estimate of drug-likeness (QED) is 0.862. The fraction of sp³-hybridized carbons (Fsp3) is 0.267. The number of pyridine rings is 1. The maximum absolute atomic E-state index is 5.89. The molecule has 4 nitrogen and oxygen atoms in total. The van der Waals surface area contributed by atoms with E-state index < -0.39 is 0 Å². The van der Waals surface area contributed by atoms with Crippen LogP contribution in [0.25, 0.3) is 0 Å². The summed E-state index contributed by atoms with van der Waals surface area (Å²) >= 11 is 0. The topological polar surface area (TPSA) is 60.2 Å². The molecule has 0 fully saturated rings. The predicted octanol–water partition coefficient (Wildman–Crippen LogP) is 2.18. The van der Waals surface area contributed by atoms with Crippen LogP contribution in [0, 0.1) is 0 Å².